The maximum Gasteiger partial charge on any atom is 0.344 e. The quantitative estimate of drug-likeness (QED) is 0.910. The number of aliphatic hydroxyl groups excluding tert-OH is 1. The molecule has 1 aromatic heterocycles. The Hall–Kier alpha value is -1.24. The van der Waals surface area contributed by atoms with Gasteiger partial charge in [0.1, 0.15) is 0 Å². The van der Waals surface area contributed by atoms with Crippen LogP contribution in [0.4, 0.5) is 0 Å². The van der Waals surface area contributed by atoms with E-state index in [0.717, 1.165) is 0 Å². The Morgan fingerprint density at radius 1 is 1.53 bits per heavy atom. The Balaban J connectivity index is 2.45. The van der Waals surface area contributed by atoms with Crippen LogP contribution in [0.15, 0.2) is 33.0 Å². The minimum atomic E-state index is -0.255. The standard InChI is InChI=1S/C12H14ClN3O2S/c1-7(2)16-11(18)14-15-12(16)19-10-8(6-17)4-3-5-9(10)13/h3-5,7,17H,6H2,1-2H3,(H,14,18). The zero-order valence-corrected chi connectivity index (χ0v) is 12.1. The maximum atomic E-state index is 11.7. The Morgan fingerprint density at radius 3 is 2.89 bits per heavy atom. The van der Waals surface area contributed by atoms with Gasteiger partial charge in [0.15, 0.2) is 5.16 Å². The van der Waals surface area contributed by atoms with Crippen LogP contribution >= 0.6 is 23.4 Å². The molecule has 0 saturated carbocycles. The average molecular weight is 300 g/mol. The number of aromatic amines is 1. The van der Waals surface area contributed by atoms with Crippen molar-refractivity contribution < 1.29 is 5.11 Å². The number of H-pyrrole nitrogens is 1. The molecule has 0 aliphatic carbocycles. The minimum Gasteiger partial charge on any atom is -0.392 e. The molecule has 0 aliphatic rings. The highest BCUT2D eigenvalue weighted by Gasteiger charge is 2.16. The first-order chi connectivity index (χ1) is 9.04. The zero-order valence-electron chi connectivity index (χ0n) is 10.6. The van der Waals surface area contributed by atoms with Crippen LogP contribution in [-0.4, -0.2) is 19.9 Å². The fourth-order valence-electron chi connectivity index (χ4n) is 1.70. The summed E-state index contributed by atoms with van der Waals surface area (Å²) in [6, 6.07) is 5.30. The van der Waals surface area contributed by atoms with E-state index >= 15 is 0 Å². The summed E-state index contributed by atoms with van der Waals surface area (Å²) in [4.78, 5) is 12.4. The molecule has 2 aromatic rings. The van der Waals surface area contributed by atoms with Crippen molar-refractivity contribution in [1.29, 1.82) is 0 Å². The number of nitrogens with zero attached hydrogens (tertiary/aromatic N) is 2. The largest absolute Gasteiger partial charge is 0.392 e. The topological polar surface area (TPSA) is 70.9 Å². The van der Waals surface area contributed by atoms with Crippen LogP contribution in [0.25, 0.3) is 0 Å². The zero-order chi connectivity index (χ0) is 14.0. The van der Waals surface area contributed by atoms with Crippen LogP contribution in [-0.2, 0) is 6.61 Å². The molecule has 0 amide bonds. The van der Waals surface area contributed by atoms with Crippen molar-refractivity contribution in [3.8, 4) is 0 Å². The number of aliphatic hydroxyl groups is 1. The first kappa shape index (κ1) is 14.2. The number of rotatable bonds is 4. The molecule has 0 atom stereocenters. The second kappa shape index (κ2) is 5.81. The predicted octanol–water partition coefficient (Wildman–Crippen LogP) is 2.45. The molecule has 2 rings (SSSR count). The predicted molar refractivity (Wildman–Crippen MR) is 74.7 cm³/mol. The van der Waals surface area contributed by atoms with Crippen molar-refractivity contribution in [3.63, 3.8) is 0 Å². The van der Waals surface area contributed by atoms with Gasteiger partial charge in [0.25, 0.3) is 0 Å². The summed E-state index contributed by atoms with van der Waals surface area (Å²) >= 11 is 7.41. The lowest BCUT2D eigenvalue weighted by Gasteiger charge is -2.11. The van der Waals surface area contributed by atoms with Gasteiger partial charge in [-0.3, -0.25) is 4.57 Å². The molecular formula is C12H14ClN3O2S. The Morgan fingerprint density at radius 2 is 2.26 bits per heavy atom. The Bertz CT molecular complexity index is 636. The molecule has 0 saturated heterocycles. The second-order valence-electron chi connectivity index (χ2n) is 4.26. The van der Waals surface area contributed by atoms with E-state index in [1.54, 1.807) is 22.8 Å². The molecule has 5 nitrogen and oxygen atoms in total. The molecular weight excluding hydrogens is 286 g/mol. The average Bonchev–Trinajstić information content (AvgIpc) is 2.73. The summed E-state index contributed by atoms with van der Waals surface area (Å²) in [5, 5.41) is 16.8. The van der Waals surface area contributed by atoms with E-state index in [1.165, 1.54) is 11.8 Å². The third-order valence-electron chi connectivity index (χ3n) is 2.60. The molecule has 0 bridgehead atoms. The summed E-state index contributed by atoms with van der Waals surface area (Å²) in [7, 11) is 0. The van der Waals surface area contributed by atoms with Crippen LogP contribution < -0.4 is 5.69 Å². The monoisotopic (exact) mass is 299 g/mol. The van der Waals surface area contributed by atoms with Gasteiger partial charge in [0.2, 0.25) is 0 Å². The summed E-state index contributed by atoms with van der Waals surface area (Å²) < 4.78 is 1.55. The first-order valence-electron chi connectivity index (χ1n) is 5.77. The van der Waals surface area contributed by atoms with Crippen LogP contribution in [0, 0.1) is 0 Å². The van der Waals surface area contributed by atoms with Crippen molar-refractivity contribution in [3.05, 3.63) is 39.3 Å². The van der Waals surface area contributed by atoms with Gasteiger partial charge < -0.3 is 5.11 Å². The van der Waals surface area contributed by atoms with Gasteiger partial charge in [-0.1, -0.05) is 23.7 Å². The van der Waals surface area contributed by atoms with Crippen molar-refractivity contribution in [2.24, 2.45) is 0 Å². The van der Waals surface area contributed by atoms with E-state index < -0.39 is 0 Å². The number of aromatic nitrogens is 3. The van der Waals surface area contributed by atoms with Crippen molar-refractivity contribution in [2.45, 2.75) is 36.5 Å². The first-order valence-corrected chi connectivity index (χ1v) is 6.97. The Kier molecular flexibility index (Phi) is 4.34. The SMILES string of the molecule is CC(C)n1c(Sc2c(Cl)cccc2CO)n[nH]c1=O. The lowest BCUT2D eigenvalue weighted by Crippen LogP contribution is -2.19. The number of benzene rings is 1. The Labute approximate surface area is 119 Å². The second-order valence-corrected chi connectivity index (χ2v) is 5.65. The maximum absolute atomic E-state index is 11.7. The molecule has 1 aromatic carbocycles. The molecule has 0 aliphatic heterocycles. The van der Waals surface area contributed by atoms with Gasteiger partial charge in [0, 0.05) is 10.9 Å². The minimum absolute atomic E-state index is 0.00573. The third kappa shape index (κ3) is 2.86. The highest BCUT2D eigenvalue weighted by molar-refractivity contribution is 7.99. The van der Waals surface area contributed by atoms with Gasteiger partial charge in [-0.2, -0.15) is 0 Å². The highest BCUT2D eigenvalue weighted by atomic mass is 35.5. The van der Waals surface area contributed by atoms with E-state index in [1.807, 2.05) is 13.8 Å². The summed E-state index contributed by atoms with van der Waals surface area (Å²) in [5.74, 6) is 0. The molecule has 0 fully saturated rings. The number of nitrogens with one attached hydrogen (secondary N) is 1. The van der Waals surface area contributed by atoms with Gasteiger partial charge in [-0.25, -0.2) is 9.89 Å². The van der Waals surface area contributed by atoms with Crippen LogP contribution in [0.3, 0.4) is 0 Å². The van der Waals surface area contributed by atoms with Gasteiger partial charge in [0.05, 0.1) is 11.6 Å². The normalized spacial score (nSPS) is 11.2. The third-order valence-corrected chi connectivity index (χ3v) is 4.18. The van der Waals surface area contributed by atoms with Crippen LogP contribution in [0.1, 0.15) is 25.5 Å². The molecule has 7 heteroatoms. The molecule has 0 spiro atoms. The fraction of sp³-hybridized carbons (Fsp3) is 0.333. The summed E-state index contributed by atoms with van der Waals surface area (Å²) in [6.45, 7) is 3.69. The van der Waals surface area contributed by atoms with Gasteiger partial charge in [-0.15, -0.1) is 5.10 Å². The number of halogens is 1. The molecule has 1 heterocycles. The smallest absolute Gasteiger partial charge is 0.344 e. The lowest BCUT2D eigenvalue weighted by atomic mass is 10.2. The number of hydrogen-bond donors (Lipinski definition) is 2. The van der Waals surface area contributed by atoms with Gasteiger partial charge >= 0.3 is 5.69 Å². The molecule has 0 radical (unpaired) electrons. The molecule has 102 valence electrons. The van der Waals surface area contributed by atoms with E-state index in [9.17, 15) is 9.90 Å². The van der Waals surface area contributed by atoms with Crippen LogP contribution in [0.2, 0.25) is 5.02 Å². The summed E-state index contributed by atoms with van der Waals surface area (Å²) in [5.41, 5.74) is 0.457. The van der Waals surface area contributed by atoms with Crippen LogP contribution in [0.5, 0.6) is 0 Å². The molecule has 2 N–H and O–H groups in total. The van der Waals surface area contributed by atoms with E-state index in [-0.39, 0.29) is 18.3 Å². The number of hydrogen-bond acceptors (Lipinski definition) is 4. The van der Waals surface area contributed by atoms with E-state index in [0.29, 0.717) is 20.6 Å². The highest BCUT2D eigenvalue weighted by Crippen LogP contribution is 2.35. The fourth-order valence-corrected chi connectivity index (χ4v) is 3.11. The van der Waals surface area contributed by atoms with Gasteiger partial charge in [-0.05, 0) is 37.2 Å². The van der Waals surface area contributed by atoms with Crippen molar-refractivity contribution in [1.82, 2.24) is 14.8 Å². The van der Waals surface area contributed by atoms with Crippen molar-refractivity contribution >= 4 is 23.4 Å². The lowest BCUT2D eigenvalue weighted by molar-refractivity contribution is 0.279. The molecule has 19 heavy (non-hydrogen) atoms. The molecule has 0 unspecified atom stereocenters. The summed E-state index contributed by atoms with van der Waals surface area (Å²) in [6.07, 6.45) is 0. The van der Waals surface area contributed by atoms with E-state index in [4.69, 9.17) is 11.6 Å². The van der Waals surface area contributed by atoms with E-state index in [2.05, 4.69) is 10.2 Å². The van der Waals surface area contributed by atoms with Crippen molar-refractivity contribution in [2.75, 3.05) is 0 Å².